The van der Waals surface area contributed by atoms with E-state index in [0.717, 1.165) is 17.0 Å². The van der Waals surface area contributed by atoms with Crippen LogP contribution in [0.25, 0.3) is 0 Å². The first kappa shape index (κ1) is 20.8. The smallest absolute Gasteiger partial charge is 0.175 e. The minimum Gasteiger partial charge on any atom is -0.335 e. The van der Waals surface area contributed by atoms with E-state index in [-0.39, 0.29) is 11.8 Å². The predicted molar refractivity (Wildman–Crippen MR) is 103 cm³/mol. The van der Waals surface area contributed by atoms with Gasteiger partial charge in [0.25, 0.3) is 0 Å². The van der Waals surface area contributed by atoms with E-state index in [1.165, 1.54) is 31.4 Å². The molecule has 0 aromatic carbocycles. The van der Waals surface area contributed by atoms with Gasteiger partial charge in [0.2, 0.25) is 0 Å². The zero-order valence-electron chi connectivity index (χ0n) is 14.1. The first-order valence-electron chi connectivity index (χ1n) is 7.91. The Bertz CT molecular complexity index is 334. The highest BCUT2D eigenvalue weighted by Crippen LogP contribution is 2.44. The molecular formula is C15H32N2O2P2S. The van der Waals surface area contributed by atoms with Crippen molar-refractivity contribution in [2.75, 3.05) is 18.1 Å². The van der Waals surface area contributed by atoms with E-state index in [0.29, 0.717) is 6.54 Å². The lowest BCUT2D eigenvalue weighted by atomic mass is 10.1. The van der Waals surface area contributed by atoms with Crippen LogP contribution in [-0.4, -0.2) is 29.9 Å². The summed E-state index contributed by atoms with van der Waals surface area (Å²) < 4.78 is 11.5. The lowest BCUT2D eigenvalue weighted by Crippen LogP contribution is -2.34. The molecule has 0 bridgehead atoms. The quantitative estimate of drug-likeness (QED) is 0.448. The third-order valence-corrected chi connectivity index (χ3v) is 7.01. The van der Waals surface area contributed by atoms with Crippen LogP contribution in [0.15, 0.2) is 11.9 Å². The van der Waals surface area contributed by atoms with Crippen LogP contribution in [0.3, 0.4) is 0 Å². The third-order valence-electron chi connectivity index (χ3n) is 3.42. The summed E-state index contributed by atoms with van der Waals surface area (Å²) >= 11 is 1.92. The molecule has 0 heterocycles. The van der Waals surface area contributed by atoms with Crippen molar-refractivity contribution in [3.05, 3.63) is 11.9 Å². The van der Waals surface area contributed by atoms with Crippen LogP contribution in [0.1, 0.15) is 46.5 Å². The molecule has 1 rings (SSSR count). The van der Waals surface area contributed by atoms with Crippen LogP contribution < -0.4 is 10.8 Å². The normalized spacial score (nSPS) is 19.3. The Morgan fingerprint density at radius 1 is 1.45 bits per heavy atom. The highest BCUT2D eigenvalue weighted by molar-refractivity contribution is 7.99. The number of hydrogen-bond donors (Lipinski definition) is 2. The van der Waals surface area contributed by atoms with E-state index in [9.17, 15) is 0 Å². The van der Waals surface area contributed by atoms with Crippen molar-refractivity contribution in [1.82, 2.24) is 5.09 Å². The lowest BCUT2D eigenvalue weighted by molar-refractivity contribution is 0.0533. The maximum atomic E-state index is 6.10. The predicted octanol–water partition coefficient (Wildman–Crippen LogP) is 4.23. The van der Waals surface area contributed by atoms with Gasteiger partial charge in [-0.05, 0) is 45.3 Å². The van der Waals surface area contributed by atoms with E-state index in [1.54, 1.807) is 0 Å². The molecule has 1 saturated carbocycles. The first-order valence-corrected chi connectivity index (χ1v) is 10.8. The van der Waals surface area contributed by atoms with Crippen molar-refractivity contribution < 1.29 is 9.05 Å². The van der Waals surface area contributed by atoms with Gasteiger partial charge in [0, 0.05) is 32.6 Å². The zero-order valence-corrected chi connectivity index (χ0v) is 17.0. The Labute approximate surface area is 143 Å². The molecular weight excluding hydrogens is 334 g/mol. The summed E-state index contributed by atoms with van der Waals surface area (Å²) in [5.41, 5.74) is 5.69. The van der Waals surface area contributed by atoms with Gasteiger partial charge in [0.1, 0.15) is 8.30 Å². The Hall–Kier alpha value is 0.790. The standard InChI is InChI=1S/C15H32N2O2P2S/c1-12(9-16)21(17-15(2,3)4)19-14(18-20)11-22-10-13-7-5-6-8-13/h13-14,17H,1,5-11,16,20H2,2-4H3. The molecule has 4 nitrogen and oxygen atoms in total. The maximum Gasteiger partial charge on any atom is 0.175 e. The van der Waals surface area contributed by atoms with Crippen LogP contribution >= 0.6 is 29.5 Å². The van der Waals surface area contributed by atoms with Crippen LogP contribution in [-0.2, 0) is 9.05 Å². The van der Waals surface area contributed by atoms with Gasteiger partial charge >= 0.3 is 0 Å². The maximum absolute atomic E-state index is 6.10. The molecule has 0 spiro atoms. The average molecular weight is 366 g/mol. The second-order valence-corrected chi connectivity index (χ2v) is 9.79. The summed E-state index contributed by atoms with van der Waals surface area (Å²) in [6, 6.07) is 0. The number of thioether (sulfide) groups is 1. The monoisotopic (exact) mass is 366 g/mol. The molecule has 7 heteroatoms. The minimum absolute atomic E-state index is 0.0494. The van der Waals surface area contributed by atoms with E-state index in [1.807, 2.05) is 11.8 Å². The molecule has 0 amide bonds. The fourth-order valence-corrected chi connectivity index (χ4v) is 5.41. The van der Waals surface area contributed by atoms with Gasteiger partial charge < -0.3 is 14.8 Å². The van der Waals surface area contributed by atoms with Gasteiger partial charge in [-0.2, -0.15) is 11.8 Å². The molecule has 0 aromatic heterocycles. The Morgan fingerprint density at radius 2 is 2.09 bits per heavy atom. The van der Waals surface area contributed by atoms with Crippen LogP contribution in [0.4, 0.5) is 0 Å². The minimum atomic E-state index is -1.00. The van der Waals surface area contributed by atoms with E-state index < -0.39 is 8.30 Å². The summed E-state index contributed by atoms with van der Waals surface area (Å²) in [6.07, 6.45) is 5.29. The van der Waals surface area contributed by atoms with Crippen molar-refractivity contribution in [2.24, 2.45) is 11.7 Å². The van der Waals surface area contributed by atoms with Crippen LogP contribution in [0.2, 0.25) is 0 Å². The van der Waals surface area contributed by atoms with Gasteiger partial charge in [-0.25, -0.2) is 0 Å². The van der Waals surface area contributed by atoms with E-state index in [4.69, 9.17) is 14.8 Å². The molecule has 22 heavy (non-hydrogen) atoms. The second kappa shape index (κ2) is 10.6. The van der Waals surface area contributed by atoms with Gasteiger partial charge in [0.15, 0.2) is 6.29 Å². The molecule has 3 unspecified atom stereocenters. The molecule has 3 N–H and O–H groups in total. The van der Waals surface area contributed by atoms with Crippen molar-refractivity contribution >= 4 is 29.5 Å². The van der Waals surface area contributed by atoms with Crippen molar-refractivity contribution in [3.8, 4) is 0 Å². The second-order valence-electron chi connectivity index (χ2n) is 6.79. The summed E-state index contributed by atoms with van der Waals surface area (Å²) in [6.45, 7) is 10.8. The van der Waals surface area contributed by atoms with Gasteiger partial charge in [-0.1, -0.05) is 19.4 Å². The molecule has 1 fully saturated rings. The third kappa shape index (κ3) is 8.59. The van der Waals surface area contributed by atoms with Crippen LogP contribution in [0.5, 0.6) is 0 Å². The molecule has 0 aliphatic heterocycles. The van der Waals surface area contributed by atoms with Crippen molar-refractivity contribution in [1.29, 1.82) is 0 Å². The molecule has 0 saturated heterocycles. The van der Waals surface area contributed by atoms with Crippen LogP contribution in [0, 0.1) is 5.92 Å². The number of nitrogens with two attached hydrogens (primary N) is 1. The first-order chi connectivity index (χ1) is 10.4. The number of rotatable bonds is 10. The molecule has 1 aliphatic rings. The molecule has 0 aromatic rings. The van der Waals surface area contributed by atoms with Gasteiger partial charge in [-0.3, -0.25) is 5.09 Å². The fourth-order valence-electron chi connectivity index (χ4n) is 2.29. The van der Waals surface area contributed by atoms with Gasteiger partial charge in [0.05, 0.1) is 0 Å². The SMILES string of the molecule is C=C(CN)P(NC(C)(C)C)OC(CSCC1CCCC1)OP. The summed E-state index contributed by atoms with van der Waals surface area (Å²) in [7, 11) is 1.32. The summed E-state index contributed by atoms with van der Waals surface area (Å²) in [4.78, 5) is 0. The number of nitrogens with one attached hydrogen (secondary N) is 1. The Morgan fingerprint density at radius 3 is 2.59 bits per heavy atom. The largest absolute Gasteiger partial charge is 0.335 e. The molecule has 0 radical (unpaired) electrons. The molecule has 1 aliphatic carbocycles. The van der Waals surface area contributed by atoms with E-state index >= 15 is 0 Å². The average Bonchev–Trinajstić information content (AvgIpc) is 2.96. The topological polar surface area (TPSA) is 56.5 Å². The highest BCUT2D eigenvalue weighted by atomic mass is 32.2. The molecule has 130 valence electrons. The zero-order chi connectivity index (χ0) is 16.6. The summed E-state index contributed by atoms with van der Waals surface area (Å²) in [5.74, 6) is 2.92. The summed E-state index contributed by atoms with van der Waals surface area (Å²) in [5, 5.41) is 4.37. The van der Waals surface area contributed by atoms with Crippen molar-refractivity contribution in [3.63, 3.8) is 0 Å². The lowest BCUT2D eigenvalue weighted by Gasteiger charge is -2.31. The Balaban J connectivity index is 2.42. The highest BCUT2D eigenvalue weighted by Gasteiger charge is 2.24. The molecule has 3 atom stereocenters. The number of hydrogen-bond acceptors (Lipinski definition) is 5. The van der Waals surface area contributed by atoms with Crippen molar-refractivity contribution in [2.45, 2.75) is 58.3 Å². The Kier molecular flexibility index (Phi) is 10.1. The van der Waals surface area contributed by atoms with E-state index in [2.05, 4.69) is 41.9 Å². The fraction of sp³-hybridized carbons (Fsp3) is 0.867. The van der Waals surface area contributed by atoms with Gasteiger partial charge in [-0.15, -0.1) is 0 Å².